The summed E-state index contributed by atoms with van der Waals surface area (Å²) in [6, 6.07) is 4.70. The highest BCUT2D eigenvalue weighted by molar-refractivity contribution is 5.36. The van der Waals surface area contributed by atoms with Crippen LogP contribution < -0.4 is 0 Å². The lowest BCUT2D eigenvalue weighted by molar-refractivity contribution is 0.0814. The minimum Gasteiger partial charge on any atom is -0.508 e. The van der Waals surface area contributed by atoms with Crippen molar-refractivity contribution >= 4 is 0 Å². The Bertz CT molecular complexity index is 527. The van der Waals surface area contributed by atoms with Crippen LogP contribution in [0.25, 0.3) is 0 Å². The Balaban J connectivity index is 2.02. The summed E-state index contributed by atoms with van der Waals surface area (Å²) in [5, 5.41) is 18.2. The summed E-state index contributed by atoms with van der Waals surface area (Å²) in [4.78, 5) is 1.83. The van der Waals surface area contributed by atoms with Crippen molar-refractivity contribution in [2.24, 2.45) is 5.92 Å². The van der Waals surface area contributed by atoms with Gasteiger partial charge in [-0.3, -0.25) is 4.90 Å². The molecular formula is C15H18F2N2O. The van der Waals surface area contributed by atoms with Gasteiger partial charge in [0.15, 0.2) is 0 Å². The molecule has 0 radical (unpaired) electrons. The van der Waals surface area contributed by atoms with Gasteiger partial charge in [-0.1, -0.05) is 0 Å². The lowest BCUT2D eigenvalue weighted by atomic mass is 9.92. The van der Waals surface area contributed by atoms with E-state index in [4.69, 9.17) is 5.26 Å². The second-order valence-corrected chi connectivity index (χ2v) is 5.39. The van der Waals surface area contributed by atoms with Crippen molar-refractivity contribution in [3.63, 3.8) is 0 Å². The van der Waals surface area contributed by atoms with Crippen molar-refractivity contribution in [2.45, 2.75) is 32.5 Å². The number of rotatable bonds is 3. The lowest BCUT2D eigenvalue weighted by Gasteiger charge is -2.33. The van der Waals surface area contributed by atoms with Crippen LogP contribution >= 0.6 is 0 Å². The van der Waals surface area contributed by atoms with Crippen molar-refractivity contribution in [3.8, 4) is 11.8 Å². The number of nitrogens with zero attached hydrogens (tertiary/aromatic N) is 2. The third kappa shape index (κ3) is 3.26. The quantitative estimate of drug-likeness (QED) is 0.926. The summed E-state index contributed by atoms with van der Waals surface area (Å²) in [5.74, 6) is -0.542. The predicted octanol–water partition coefficient (Wildman–Crippen LogP) is 2.91. The first kappa shape index (κ1) is 14.7. The van der Waals surface area contributed by atoms with E-state index in [-0.39, 0.29) is 37.0 Å². The molecule has 0 saturated carbocycles. The molecule has 1 aromatic rings. The molecule has 1 heterocycles. The average Bonchev–Trinajstić information content (AvgIpc) is 2.39. The first-order valence-electron chi connectivity index (χ1n) is 6.72. The second kappa shape index (κ2) is 6.19. The van der Waals surface area contributed by atoms with Crippen LogP contribution in [-0.4, -0.2) is 29.3 Å². The highest BCUT2D eigenvalue weighted by Gasteiger charge is 2.29. The van der Waals surface area contributed by atoms with Gasteiger partial charge in [0.25, 0.3) is 0 Å². The number of aromatic hydroxyl groups is 1. The summed E-state index contributed by atoms with van der Waals surface area (Å²) in [6.07, 6.45) is -0.214. The van der Waals surface area contributed by atoms with Gasteiger partial charge in [0.1, 0.15) is 17.7 Å². The highest BCUT2D eigenvalue weighted by Crippen LogP contribution is 2.26. The molecule has 20 heavy (non-hydrogen) atoms. The minimum atomic E-state index is -1.05. The van der Waals surface area contributed by atoms with E-state index in [1.807, 2.05) is 11.0 Å². The van der Waals surface area contributed by atoms with Crippen LogP contribution in [-0.2, 0) is 6.54 Å². The van der Waals surface area contributed by atoms with E-state index in [2.05, 4.69) is 0 Å². The maximum Gasteiger partial charge on any atom is 0.128 e. The number of hydrogen-bond acceptors (Lipinski definition) is 3. The highest BCUT2D eigenvalue weighted by atomic mass is 19.1. The van der Waals surface area contributed by atoms with Crippen molar-refractivity contribution in [1.82, 2.24) is 4.90 Å². The van der Waals surface area contributed by atoms with Gasteiger partial charge in [-0.15, -0.1) is 0 Å². The van der Waals surface area contributed by atoms with Crippen molar-refractivity contribution in [3.05, 3.63) is 29.1 Å². The molecule has 0 spiro atoms. The van der Waals surface area contributed by atoms with Crippen molar-refractivity contribution < 1.29 is 13.9 Å². The van der Waals surface area contributed by atoms with Gasteiger partial charge in [0.2, 0.25) is 0 Å². The van der Waals surface area contributed by atoms with E-state index in [1.165, 1.54) is 12.1 Å². The second-order valence-electron chi connectivity index (χ2n) is 5.39. The molecule has 108 valence electrons. The monoisotopic (exact) mass is 280 g/mol. The summed E-state index contributed by atoms with van der Waals surface area (Å²) in [7, 11) is 0. The van der Waals surface area contributed by atoms with Gasteiger partial charge >= 0.3 is 0 Å². The maximum absolute atomic E-state index is 13.9. The summed E-state index contributed by atoms with van der Waals surface area (Å²) in [6.45, 7) is 2.76. The van der Waals surface area contributed by atoms with E-state index in [9.17, 15) is 13.9 Å². The molecule has 0 aromatic heterocycles. The van der Waals surface area contributed by atoms with Gasteiger partial charge < -0.3 is 5.11 Å². The molecule has 0 bridgehead atoms. The number of hydrogen-bond donors (Lipinski definition) is 1. The van der Waals surface area contributed by atoms with Gasteiger partial charge in [-0.2, -0.15) is 5.26 Å². The Morgan fingerprint density at radius 3 is 2.90 bits per heavy atom. The number of phenolic OH excluding ortho intramolecular Hbond substituents is 1. The molecule has 2 rings (SSSR count). The van der Waals surface area contributed by atoms with Crippen LogP contribution in [0.15, 0.2) is 12.1 Å². The SMILES string of the molecule is Cc1cc(F)c(CN2CCC(CC#N)C(F)C2)cc1O. The molecule has 1 fully saturated rings. The van der Waals surface area contributed by atoms with Crippen LogP contribution in [0.1, 0.15) is 24.0 Å². The molecule has 5 heteroatoms. The van der Waals surface area contributed by atoms with Crippen LogP contribution in [0.5, 0.6) is 5.75 Å². The zero-order valence-electron chi connectivity index (χ0n) is 11.4. The number of piperidine rings is 1. The van der Waals surface area contributed by atoms with Gasteiger partial charge in [0, 0.05) is 31.0 Å². The first-order valence-corrected chi connectivity index (χ1v) is 6.72. The molecule has 2 atom stereocenters. The number of phenols is 1. The zero-order chi connectivity index (χ0) is 14.7. The third-order valence-electron chi connectivity index (χ3n) is 3.87. The molecule has 1 aliphatic rings. The van der Waals surface area contributed by atoms with E-state index in [0.29, 0.717) is 24.1 Å². The molecule has 1 N–H and O–H groups in total. The Morgan fingerprint density at radius 1 is 1.50 bits per heavy atom. The van der Waals surface area contributed by atoms with Crippen LogP contribution in [0.3, 0.4) is 0 Å². The average molecular weight is 280 g/mol. The van der Waals surface area contributed by atoms with E-state index in [1.54, 1.807) is 6.92 Å². The van der Waals surface area contributed by atoms with Crippen LogP contribution in [0.2, 0.25) is 0 Å². The van der Waals surface area contributed by atoms with Crippen molar-refractivity contribution in [2.75, 3.05) is 13.1 Å². The van der Waals surface area contributed by atoms with Gasteiger partial charge in [-0.25, -0.2) is 8.78 Å². The number of benzene rings is 1. The van der Waals surface area contributed by atoms with Crippen LogP contribution in [0.4, 0.5) is 8.78 Å². The Morgan fingerprint density at radius 2 is 2.25 bits per heavy atom. The molecule has 0 amide bonds. The number of halogens is 2. The number of nitriles is 1. The van der Waals surface area contributed by atoms with Gasteiger partial charge in [-0.05, 0) is 37.6 Å². The predicted molar refractivity (Wildman–Crippen MR) is 71.3 cm³/mol. The molecule has 1 aromatic carbocycles. The standard InChI is InChI=1S/C15H18F2N2O/c1-10-6-13(16)12(7-15(10)20)8-19-5-3-11(2-4-18)14(17)9-19/h6-7,11,14,20H,2-3,5,8-9H2,1H3. The number of aryl methyl sites for hydroxylation is 1. The molecule has 1 saturated heterocycles. The van der Waals surface area contributed by atoms with Crippen LogP contribution in [0, 0.1) is 30.0 Å². The van der Waals surface area contributed by atoms with E-state index < -0.39 is 6.17 Å². The molecule has 2 unspecified atom stereocenters. The van der Waals surface area contributed by atoms with E-state index >= 15 is 0 Å². The Hall–Kier alpha value is -1.67. The third-order valence-corrected chi connectivity index (χ3v) is 3.87. The lowest BCUT2D eigenvalue weighted by Crippen LogP contribution is -2.41. The molecule has 3 nitrogen and oxygen atoms in total. The smallest absolute Gasteiger partial charge is 0.128 e. The Labute approximate surface area is 117 Å². The maximum atomic E-state index is 13.9. The minimum absolute atomic E-state index is 0.0533. The Kier molecular flexibility index (Phi) is 4.56. The van der Waals surface area contributed by atoms with Gasteiger partial charge in [0.05, 0.1) is 6.07 Å². The van der Waals surface area contributed by atoms with Crippen molar-refractivity contribution in [1.29, 1.82) is 5.26 Å². The summed E-state index contributed by atoms with van der Waals surface area (Å²) >= 11 is 0. The summed E-state index contributed by atoms with van der Waals surface area (Å²) in [5.41, 5.74) is 0.862. The fraction of sp³-hybridized carbons (Fsp3) is 0.533. The zero-order valence-corrected chi connectivity index (χ0v) is 11.4. The fourth-order valence-electron chi connectivity index (χ4n) is 2.57. The fourth-order valence-corrected chi connectivity index (χ4v) is 2.57. The molecular weight excluding hydrogens is 262 g/mol. The molecule has 1 aliphatic heterocycles. The topological polar surface area (TPSA) is 47.3 Å². The number of alkyl halides is 1. The largest absolute Gasteiger partial charge is 0.508 e. The normalized spacial score (nSPS) is 23.5. The molecule has 0 aliphatic carbocycles. The van der Waals surface area contributed by atoms with E-state index in [0.717, 1.165) is 0 Å². The summed E-state index contributed by atoms with van der Waals surface area (Å²) < 4.78 is 27.7. The first-order chi connectivity index (χ1) is 9.51. The number of likely N-dealkylation sites (tertiary alicyclic amines) is 1.